The number of phenolic OH excluding ortho intramolecular Hbond substituents is 1. The fraction of sp³-hybridized carbons (Fsp3) is 0.438. The first-order valence-electron chi connectivity index (χ1n) is 7.40. The van der Waals surface area contributed by atoms with Crippen LogP contribution >= 0.6 is 0 Å². The molecule has 1 aromatic heterocycles. The molecule has 0 aliphatic heterocycles. The Hall–Kier alpha value is -2.37. The van der Waals surface area contributed by atoms with Crippen molar-refractivity contribution in [1.82, 2.24) is 10.1 Å². The van der Waals surface area contributed by atoms with Gasteiger partial charge in [-0.2, -0.15) is 4.98 Å². The summed E-state index contributed by atoms with van der Waals surface area (Å²) in [5, 5.41) is 13.7. The number of ether oxygens (including phenoxy) is 1. The first-order chi connectivity index (χ1) is 10.5. The molecule has 3 rings (SSSR count). The lowest BCUT2D eigenvalue weighted by Crippen LogP contribution is -2.12. The minimum atomic E-state index is -0.663. The molecule has 0 unspecified atom stereocenters. The molecular weight excluding hydrogens is 284 g/mol. The van der Waals surface area contributed by atoms with Crippen molar-refractivity contribution >= 4 is 5.97 Å². The molecule has 116 valence electrons. The molecule has 1 N–H and O–H groups in total. The Morgan fingerprint density at radius 3 is 2.64 bits per heavy atom. The second kappa shape index (κ2) is 5.79. The monoisotopic (exact) mass is 302 g/mol. The molecule has 0 bridgehead atoms. The van der Waals surface area contributed by atoms with Crippen molar-refractivity contribution < 1.29 is 19.2 Å². The summed E-state index contributed by atoms with van der Waals surface area (Å²) >= 11 is 0. The van der Waals surface area contributed by atoms with Crippen LogP contribution in [0.25, 0.3) is 0 Å². The fourth-order valence-electron chi connectivity index (χ4n) is 2.69. The zero-order chi connectivity index (χ0) is 15.7. The Morgan fingerprint density at radius 2 is 2.00 bits per heavy atom. The number of carbonyl (C=O) groups is 1. The van der Waals surface area contributed by atoms with Crippen molar-refractivity contribution in [3.8, 4) is 5.75 Å². The molecule has 0 saturated carbocycles. The summed E-state index contributed by atoms with van der Waals surface area (Å²) in [5.41, 5.74) is 2.40. The topological polar surface area (TPSA) is 85.5 Å². The van der Waals surface area contributed by atoms with Gasteiger partial charge in [0.2, 0.25) is 0 Å². The summed E-state index contributed by atoms with van der Waals surface area (Å²) in [6.07, 6.45) is 3.42. The maximum atomic E-state index is 12.3. The number of nitrogens with zero attached hydrogens (tertiary/aromatic N) is 2. The Morgan fingerprint density at radius 1 is 1.32 bits per heavy atom. The number of aromatic hydroxyl groups is 1. The van der Waals surface area contributed by atoms with E-state index in [1.54, 1.807) is 26.0 Å². The van der Waals surface area contributed by atoms with E-state index in [0.717, 1.165) is 36.8 Å². The SMILES string of the molecule is Cc1noc([C@H](C)OC(=O)c2cc3c(cc2O)CCCC3)n1. The number of phenols is 1. The molecule has 0 amide bonds. The quantitative estimate of drug-likeness (QED) is 0.877. The minimum absolute atomic E-state index is 0.0421. The van der Waals surface area contributed by atoms with Crippen LogP contribution in [-0.2, 0) is 17.6 Å². The minimum Gasteiger partial charge on any atom is -0.507 e. The smallest absolute Gasteiger partial charge is 0.342 e. The van der Waals surface area contributed by atoms with E-state index in [9.17, 15) is 9.90 Å². The Labute approximate surface area is 128 Å². The molecule has 1 aliphatic rings. The van der Waals surface area contributed by atoms with Crippen molar-refractivity contribution in [3.63, 3.8) is 0 Å². The van der Waals surface area contributed by atoms with Crippen molar-refractivity contribution in [2.24, 2.45) is 0 Å². The van der Waals surface area contributed by atoms with Gasteiger partial charge in [0.1, 0.15) is 11.3 Å². The largest absolute Gasteiger partial charge is 0.507 e. The van der Waals surface area contributed by atoms with Crippen LogP contribution in [0.15, 0.2) is 16.7 Å². The first kappa shape index (κ1) is 14.6. The Bertz CT molecular complexity index is 708. The highest BCUT2D eigenvalue weighted by Crippen LogP contribution is 2.30. The first-order valence-corrected chi connectivity index (χ1v) is 7.40. The van der Waals surface area contributed by atoms with Gasteiger partial charge in [-0.1, -0.05) is 5.16 Å². The maximum absolute atomic E-state index is 12.3. The molecule has 6 heteroatoms. The average molecular weight is 302 g/mol. The number of fused-ring (bicyclic) bond motifs is 1. The lowest BCUT2D eigenvalue weighted by atomic mass is 9.90. The lowest BCUT2D eigenvalue weighted by molar-refractivity contribution is 0.0262. The number of esters is 1. The predicted molar refractivity (Wildman–Crippen MR) is 77.6 cm³/mol. The van der Waals surface area contributed by atoms with Crippen LogP contribution in [-0.4, -0.2) is 21.2 Å². The number of aryl methyl sites for hydroxylation is 3. The van der Waals surface area contributed by atoms with Crippen LogP contribution in [0.2, 0.25) is 0 Å². The number of aromatic nitrogens is 2. The molecule has 1 aliphatic carbocycles. The predicted octanol–water partition coefficient (Wildman–Crippen LogP) is 2.88. The highest BCUT2D eigenvalue weighted by Gasteiger charge is 2.23. The highest BCUT2D eigenvalue weighted by molar-refractivity contribution is 5.93. The third-order valence-corrected chi connectivity index (χ3v) is 3.85. The summed E-state index contributed by atoms with van der Waals surface area (Å²) in [7, 11) is 0. The molecule has 22 heavy (non-hydrogen) atoms. The van der Waals surface area contributed by atoms with Crippen LogP contribution in [0.1, 0.15) is 59.1 Å². The van der Waals surface area contributed by atoms with E-state index in [-0.39, 0.29) is 17.2 Å². The van der Waals surface area contributed by atoms with Gasteiger partial charge in [-0.05, 0) is 62.8 Å². The van der Waals surface area contributed by atoms with E-state index < -0.39 is 12.1 Å². The lowest BCUT2D eigenvalue weighted by Gasteiger charge is -2.18. The number of hydrogen-bond acceptors (Lipinski definition) is 6. The molecule has 0 radical (unpaired) electrons. The second-order valence-corrected chi connectivity index (χ2v) is 5.57. The van der Waals surface area contributed by atoms with E-state index in [1.165, 1.54) is 0 Å². The molecule has 1 aromatic carbocycles. The summed E-state index contributed by atoms with van der Waals surface area (Å²) < 4.78 is 10.3. The zero-order valence-electron chi connectivity index (χ0n) is 12.6. The summed E-state index contributed by atoms with van der Waals surface area (Å²) in [6, 6.07) is 3.41. The van der Waals surface area contributed by atoms with Gasteiger partial charge in [-0.25, -0.2) is 4.79 Å². The van der Waals surface area contributed by atoms with Crippen molar-refractivity contribution in [1.29, 1.82) is 0 Å². The van der Waals surface area contributed by atoms with E-state index in [2.05, 4.69) is 10.1 Å². The van der Waals surface area contributed by atoms with Crippen molar-refractivity contribution in [2.45, 2.75) is 45.6 Å². The van der Waals surface area contributed by atoms with Gasteiger partial charge in [0.05, 0.1) is 0 Å². The molecule has 1 atom stereocenters. The van der Waals surface area contributed by atoms with Gasteiger partial charge < -0.3 is 14.4 Å². The molecule has 0 spiro atoms. The Kier molecular flexibility index (Phi) is 3.83. The third kappa shape index (κ3) is 2.81. The molecule has 1 heterocycles. The Balaban J connectivity index is 1.80. The number of benzene rings is 1. The molecular formula is C16H18N2O4. The van der Waals surface area contributed by atoms with Gasteiger partial charge in [0.15, 0.2) is 11.9 Å². The second-order valence-electron chi connectivity index (χ2n) is 5.57. The molecule has 6 nitrogen and oxygen atoms in total. The van der Waals surface area contributed by atoms with Crippen LogP contribution in [0, 0.1) is 6.92 Å². The zero-order valence-corrected chi connectivity index (χ0v) is 12.6. The van der Waals surface area contributed by atoms with E-state index in [4.69, 9.17) is 9.26 Å². The normalized spacial score (nSPS) is 15.2. The van der Waals surface area contributed by atoms with Crippen LogP contribution in [0.3, 0.4) is 0 Å². The third-order valence-electron chi connectivity index (χ3n) is 3.85. The maximum Gasteiger partial charge on any atom is 0.342 e. The van der Waals surface area contributed by atoms with Gasteiger partial charge in [0.25, 0.3) is 5.89 Å². The van der Waals surface area contributed by atoms with E-state index in [0.29, 0.717) is 5.82 Å². The van der Waals surface area contributed by atoms with E-state index >= 15 is 0 Å². The average Bonchev–Trinajstić information content (AvgIpc) is 2.93. The summed E-state index contributed by atoms with van der Waals surface area (Å²) in [5.74, 6) is 0.0895. The number of hydrogen-bond donors (Lipinski definition) is 1. The van der Waals surface area contributed by atoms with Crippen molar-refractivity contribution in [3.05, 3.63) is 40.5 Å². The molecule has 0 fully saturated rings. The van der Waals surface area contributed by atoms with Gasteiger partial charge >= 0.3 is 5.97 Å². The number of carbonyl (C=O) groups excluding carboxylic acids is 1. The van der Waals surface area contributed by atoms with Crippen LogP contribution in [0.4, 0.5) is 0 Å². The summed E-state index contributed by atoms with van der Waals surface area (Å²) in [6.45, 7) is 3.34. The van der Waals surface area contributed by atoms with E-state index in [1.807, 2.05) is 0 Å². The van der Waals surface area contributed by atoms with Gasteiger partial charge in [-0.15, -0.1) is 0 Å². The van der Waals surface area contributed by atoms with Gasteiger partial charge in [-0.3, -0.25) is 0 Å². The molecule has 2 aromatic rings. The van der Waals surface area contributed by atoms with Gasteiger partial charge in [0, 0.05) is 0 Å². The standard InChI is InChI=1S/C16H18N2O4/c1-9(15-17-10(2)18-22-15)21-16(20)13-7-11-5-3-4-6-12(11)8-14(13)19/h7-9,19H,3-6H2,1-2H3/t9-/m0/s1. The number of rotatable bonds is 3. The van der Waals surface area contributed by atoms with Crippen molar-refractivity contribution in [2.75, 3.05) is 0 Å². The van der Waals surface area contributed by atoms with Crippen LogP contribution in [0.5, 0.6) is 5.75 Å². The fourth-order valence-corrected chi connectivity index (χ4v) is 2.69. The summed E-state index contributed by atoms with van der Waals surface area (Å²) in [4.78, 5) is 16.3. The highest BCUT2D eigenvalue weighted by atomic mass is 16.6. The molecule has 0 saturated heterocycles. The van der Waals surface area contributed by atoms with Crippen LogP contribution < -0.4 is 0 Å².